The Morgan fingerprint density at radius 2 is 2.12 bits per heavy atom. The highest BCUT2D eigenvalue weighted by atomic mass is 32.2. The quantitative estimate of drug-likeness (QED) is 0.768. The molecule has 0 saturated carbocycles. The van der Waals surface area contributed by atoms with Crippen LogP contribution < -0.4 is 5.32 Å². The molecule has 16 heavy (non-hydrogen) atoms. The summed E-state index contributed by atoms with van der Waals surface area (Å²) in [4.78, 5) is 4.47. The first-order valence-electron chi connectivity index (χ1n) is 5.97. The molecule has 0 aliphatic carbocycles. The SMILES string of the molecule is CCC(C)Sc1ncccc1CNC(C)C. The molecule has 1 N–H and O–H groups in total. The lowest BCUT2D eigenvalue weighted by Crippen LogP contribution is -2.22. The molecule has 0 aliphatic rings. The first kappa shape index (κ1) is 13.5. The van der Waals surface area contributed by atoms with Crippen molar-refractivity contribution in [3.8, 4) is 0 Å². The van der Waals surface area contributed by atoms with Gasteiger partial charge in [-0.25, -0.2) is 4.98 Å². The van der Waals surface area contributed by atoms with Crippen LogP contribution in [0.15, 0.2) is 23.4 Å². The standard InChI is InChI=1S/C13H22N2S/c1-5-11(4)16-13-12(7-6-8-14-13)9-15-10(2)3/h6-8,10-11,15H,5,9H2,1-4H3. The largest absolute Gasteiger partial charge is 0.310 e. The molecule has 0 amide bonds. The van der Waals surface area contributed by atoms with Crippen molar-refractivity contribution < 1.29 is 0 Å². The van der Waals surface area contributed by atoms with Gasteiger partial charge >= 0.3 is 0 Å². The molecule has 1 heterocycles. The maximum absolute atomic E-state index is 4.47. The van der Waals surface area contributed by atoms with Crippen molar-refractivity contribution in [1.29, 1.82) is 0 Å². The predicted molar refractivity (Wildman–Crippen MR) is 71.8 cm³/mol. The minimum absolute atomic E-state index is 0.515. The summed E-state index contributed by atoms with van der Waals surface area (Å²) in [6, 6.07) is 4.69. The number of nitrogens with one attached hydrogen (secondary N) is 1. The van der Waals surface area contributed by atoms with Gasteiger partial charge in [-0.1, -0.05) is 33.8 Å². The van der Waals surface area contributed by atoms with Gasteiger partial charge in [0.2, 0.25) is 0 Å². The topological polar surface area (TPSA) is 24.9 Å². The van der Waals surface area contributed by atoms with Gasteiger partial charge in [0.05, 0.1) is 0 Å². The fourth-order valence-electron chi connectivity index (χ4n) is 1.25. The first-order chi connectivity index (χ1) is 7.63. The summed E-state index contributed by atoms with van der Waals surface area (Å²) >= 11 is 1.87. The maximum atomic E-state index is 4.47. The monoisotopic (exact) mass is 238 g/mol. The van der Waals surface area contributed by atoms with Crippen molar-refractivity contribution in [3.05, 3.63) is 23.9 Å². The number of hydrogen-bond acceptors (Lipinski definition) is 3. The van der Waals surface area contributed by atoms with Crippen molar-refractivity contribution in [2.24, 2.45) is 0 Å². The summed E-state index contributed by atoms with van der Waals surface area (Å²) in [5, 5.41) is 5.24. The highest BCUT2D eigenvalue weighted by Gasteiger charge is 2.08. The number of aromatic nitrogens is 1. The second-order valence-corrected chi connectivity index (χ2v) is 5.77. The molecule has 0 saturated heterocycles. The zero-order valence-electron chi connectivity index (χ0n) is 10.7. The van der Waals surface area contributed by atoms with E-state index in [2.05, 4.69) is 44.1 Å². The lowest BCUT2D eigenvalue weighted by molar-refractivity contribution is 0.582. The Bertz CT molecular complexity index is 313. The van der Waals surface area contributed by atoms with E-state index in [1.54, 1.807) is 0 Å². The van der Waals surface area contributed by atoms with E-state index < -0.39 is 0 Å². The molecule has 1 aromatic rings. The van der Waals surface area contributed by atoms with E-state index in [1.165, 1.54) is 17.0 Å². The third-order valence-electron chi connectivity index (χ3n) is 2.44. The fraction of sp³-hybridized carbons (Fsp3) is 0.615. The molecule has 0 bridgehead atoms. The average molecular weight is 238 g/mol. The normalized spacial score (nSPS) is 13.1. The summed E-state index contributed by atoms with van der Waals surface area (Å²) in [7, 11) is 0. The van der Waals surface area contributed by atoms with Gasteiger partial charge in [0.25, 0.3) is 0 Å². The zero-order chi connectivity index (χ0) is 12.0. The van der Waals surface area contributed by atoms with Crippen LogP contribution in [0.1, 0.15) is 39.7 Å². The molecule has 1 rings (SSSR count). The third kappa shape index (κ3) is 4.54. The third-order valence-corrected chi connectivity index (χ3v) is 3.77. The summed E-state index contributed by atoms with van der Waals surface area (Å²) in [5.41, 5.74) is 1.31. The van der Waals surface area contributed by atoms with Crippen molar-refractivity contribution in [1.82, 2.24) is 10.3 Å². The van der Waals surface area contributed by atoms with Crippen LogP contribution in [-0.2, 0) is 6.54 Å². The lowest BCUT2D eigenvalue weighted by Gasteiger charge is -2.13. The van der Waals surface area contributed by atoms with Crippen LogP contribution in [0.25, 0.3) is 0 Å². The van der Waals surface area contributed by atoms with E-state index in [-0.39, 0.29) is 0 Å². The minimum atomic E-state index is 0.515. The van der Waals surface area contributed by atoms with E-state index in [9.17, 15) is 0 Å². The Balaban J connectivity index is 2.67. The van der Waals surface area contributed by atoms with Crippen molar-refractivity contribution in [2.45, 2.75) is 57.0 Å². The molecule has 0 aromatic carbocycles. The van der Waals surface area contributed by atoms with Crippen LogP contribution in [0, 0.1) is 0 Å². The number of thioether (sulfide) groups is 1. The van der Waals surface area contributed by atoms with Gasteiger partial charge in [0, 0.05) is 24.0 Å². The molecule has 2 nitrogen and oxygen atoms in total. The second-order valence-electron chi connectivity index (χ2n) is 4.34. The van der Waals surface area contributed by atoms with Crippen molar-refractivity contribution in [3.63, 3.8) is 0 Å². The molecule has 1 unspecified atom stereocenters. The van der Waals surface area contributed by atoms with Gasteiger partial charge in [-0.05, 0) is 18.1 Å². The highest BCUT2D eigenvalue weighted by Crippen LogP contribution is 2.26. The van der Waals surface area contributed by atoms with Gasteiger partial charge in [-0.2, -0.15) is 0 Å². The summed E-state index contributed by atoms with van der Waals surface area (Å²) < 4.78 is 0. The Morgan fingerprint density at radius 1 is 1.38 bits per heavy atom. The Kier molecular flexibility index (Phi) is 5.85. The molecular formula is C13H22N2S. The van der Waals surface area contributed by atoms with Crippen LogP contribution >= 0.6 is 11.8 Å². The first-order valence-corrected chi connectivity index (χ1v) is 6.85. The lowest BCUT2D eigenvalue weighted by atomic mass is 10.2. The van der Waals surface area contributed by atoms with Crippen molar-refractivity contribution >= 4 is 11.8 Å². The average Bonchev–Trinajstić information content (AvgIpc) is 2.27. The van der Waals surface area contributed by atoms with Crippen LogP contribution in [0.2, 0.25) is 0 Å². The Hall–Kier alpha value is -0.540. The Labute approximate surface area is 103 Å². The maximum Gasteiger partial charge on any atom is 0.101 e. The van der Waals surface area contributed by atoms with Gasteiger partial charge in [0.15, 0.2) is 0 Å². The molecule has 90 valence electrons. The highest BCUT2D eigenvalue weighted by molar-refractivity contribution is 7.99. The van der Waals surface area contributed by atoms with E-state index in [4.69, 9.17) is 0 Å². The van der Waals surface area contributed by atoms with Crippen LogP contribution in [0.4, 0.5) is 0 Å². The summed E-state index contributed by atoms with van der Waals surface area (Å²) in [6.45, 7) is 9.70. The molecular weight excluding hydrogens is 216 g/mol. The second kappa shape index (κ2) is 6.92. The molecule has 0 fully saturated rings. The number of hydrogen-bond donors (Lipinski definition) is 1. The molecule has 0 radical (unpaired) electrons. The molecule has 0 aliphatic heterocycles. The van der Waals surface area contributed by atoms with Gasteiger partial charge in [-0.15, -0.1) is 11.8 Å². The van der Waals surface area contributed by atoms with Crippen molar-refractivity contribution in [2.75, 3.05) is 0 Å². The summed E-state index contributed by atoms with van der Waals surface area (Å²) in [5.74, 6) is 0. The van der Waals surface area contributed by atoms with Crippen LogP contribution in [0.3, 0.4) is 0 Å². The smallest absolute Gasteiger partial charge is 0.101 e. The molecule has 0 spiro atoms. The number of pyridine rings is 1. The fourth-order valence-corrected chi connectivity index (χ4v) is 2.21. The molecule has 1 aromatic heterocycles. The van der Waals surface area contributed by atoms with Gasteiger partial charge < -0.3 is 5.32 Å². The van der Waals surface area contributed by atoms with Gasteiger partial charge in [0.1, 0.15) is 5.03 Å². The molecule has 1 atom stereocenters. The van der Waals surface area contributed by atoms with Crippen LogP contribution in [0.5, 0.6) is 0 Å². The number of nitrogens with zero attached hydrogens (tertiary/aromatic N) is 1. The van der Waals surface area contributed by atoms with E-state index in [0.29, 0.717) is 11.3 Å². The summed E-state index contributed by atoms with van der Waals surface area (Å²) in [6.07, 6.45) is 3.06. The van der Waals surface area contributed by atoms with Crippen LogP contribution in [-0.4, -0.2) is 16.3 Å². The van der Waals surface area contributed by atoms with Gasteiger partial charge in [-0.3, -0.25) is 0 Å². The molecule has 3 heteroatoms. The minimum Gasteiger partial charge on any atom is -0.310 e. The Morgan fingerprint density at radius 3 is 2.75 bits per heavy atom. The van der Waals surface area contributed by atoms with E-state index in [1.807, 2.05) is 24.0 Å². The number of rotatable bonds is 6. The van der Waals surface area contributed by atoms with E-state index in [0.717, 1.165) is 6.54 Å². The predicted octanol–water partition coefficient (Wildman–Crippen LogP) is 3.47. The zero-order valence-corrected chi connectivity index (χ0v) is 11.5. The van der Waals surface area contributed by atoms with E-state index >= 15 is 0 Å².